The van der Waals surface area contributed by atoms with Crippen LogP contribution in [-0.4, -0.2) is 26.3 Å². The van der Waals surface area contributed by atoms with E-state index in [0.29, 0.717) is 12.1 Å². The van der Waals surface area contributed by atoms with E-state index in [1.54, 1.807) is 19.2 Å². The fraction of sp³-hybridized carbons (Fsp3) is 0.250. The summed E-state index contributed by atoms with van der Waals surface area (Å²) in [5.41, 5.74) is 11.1. The van der Waals surface area contributed by atoms with E-state index >= 15 is 0 Å². The van der Waals surface area contributed by atoms with Crippen LogP contribution in [0.3, 0.4) is 0 Å². The smallest absolute Gasteiger partial charge is 0.251 e. The van der Waals surface area contributed by atoms with Gasteiger partial charge in [-0.15, -0.1) is 0 Å². The molecule has 0 unspecified atom stereocenters. The number of nitrogens with one attached hydrogen (secondary N) is 1. The molecule has 1 aliphatic rings. The van der Waals surface area contributed by atoms with Crippen LogP contribution in [0.4, 0.5) is 5.95 Å². The van der Waals surface area contributed by atoms with E-state index in [9.17, 15) is 9.59 Å². The Morgan fingerprint density at radius 2 is 1.97 bits per heavy atom. The van der Waals surface area contributed by atoms with E-state index in [1.165, 1.54) is 5.56 Å². The molecule has 1 amide bonds. The van der Waals surface area contributed by atoms with Gasteiger partial charge in [0, 0.05) is 41.7 Å². The van der Waals surface area contributed by atoms with Crippen LogP contribution < -0.4 is 11.1 Å². The molecule has 0 fully saturated rings. The fourth-order valence-corrected chi connectivity index (χ4v) is 4.54. The van der Waals surface area contributed by atoms with E-state index in [4.69, 9.17) is 5.73 Å². The minimum Gasteiger partial charge on any atom is -0.368 e. The first kappa shape index (κ1) is 19.2. The van der Waals surface area contributed by atoms with E-state index < -0.39 is 0 Å². The van der Waals surface area contributed by atoms with Gasteiger partial charge in [-0.05, 0) is 67.1 Å². The highest BCUT2D eigenvalue weighted by Crippen LogP contribution is 2.32. The molecular formula is C24H23N5O2. The van der Waals surface area contributed by atoms with Gasteiger partial charge in [-0.1, -0.05) is 6.07 Å². The first-order valence-electron chi connectivity index (χ1n) is 10.5. The maximum atomic E-state index is 12.9. The lowest BCUT2D eigenvalue weighted by molar-refractivity contribution is 0.0934. The van der Waals surface area contributed by atoms with Crippen molar-refractivity contribution in [3.05, 3.63) is 65.0 Å². The Bertz CT molecular complexity index is 1360. The predicted molar refractivity (Wildman–Crippen MR) is 120 cm³/mol. The number of aryl methyl sites for hydroxylation is 1. The number of anilines is 1. The van der Waals surface area contributed by atoms with Crippen LogP contribution in [0.15, 0.2) is 42.6 Å². The Balaban J connectivity index is 1.41. The second kappa shape index (κ2) is 7.50. The maximum Gasteiger partial charge on any atom is 0.251 e. The van der Waals surface area contributed by atoms with Crippen molar-refractivity contribution in [1.29, 1.82) is 0 Å². The van der Waals surface area contributed by atoms with Crippen molar-refractivity contribution in [3.63, 3.8) is 0 Å². The van der Waals surface area contributed by atoms with Gasteiger partial charge in [0.05, 0.1) is 11.0 Å². The second-order valence-electron chi connectivity index (χ2n) is 8.02. The Labute approximate surface area is 179 Å². The summed E-state index contributed by atoms with van der Waals surface area (Å²) in [6.45, 7) is 1.99. The van der Waals surface area contributed by atoms with Crippen molar-refractivity contribution in [1.82, 2.24) is 19.9 Å². The number of carbonyl (C=O) groups is 2. The molecule has 0 spiro atoms. The standard InChI is InChI=1S/C24H23N5O2/c1-14(30)29-21-5-3-2-4-18(21)19-11-16(7-9-22(19)29)23(31)26-12-15-6-8-20-17(10-15)13-27-24(25)28-20/h6-11,13H,2-5,12H2,1H3,(H,26,31)(H2,25,27,28). The first-order chi connectivity index (χ1) is 15.0. The Kier molecular flexibility index (Phi) is 4.66. The van der Waals surface area contributed by atoms with Gasteiger partial charge in [-0.25, -0.2) is 9.97 Å². The van der Waals surface area contributed by atoms with Crippen LogP contribution >= 0.6 is 0 Å². The highest BCUT2D eigenvalue weighted by molar-refractivity contribution is 6.02. The SMILES string of the molecule is CC(=O)n1c2c(c3cc(C(=O)NCc4ccc5nc(N)ncc5c4)ccc31)CCCC2. The quantitative estimate of drug-likeness (QED) is 0.534. The molecule has 0 saturated carbocycles. The number of hydrogen-bond acceptors (Lipinski definition) is 5. The van der Waals surface area contributed by atoms with E-state index in [0.717, 1.165) is 58.7 Å². The van der Waals surface area contributed by atoms with Gasteiger partial charge in [0.2, 0.25) is 11.9 Å². The molecule has 7 nitrogen and oxygen atoms in total. The Morgan fingerprint density at radius 3 is 2.81 bits per heavy atom. The number of nitrogens with zero attached hydrogens (tertiary/aromatic N) is 3. The van der Waals surface area contributed by atoms with Crippen molar-refractivity contribution in [2.75, 3.05) is 5.73 Å². The summed E-state index contributed by atoms with van der Waals surface area (Å²) in [4.78, 5) is 33.3. The van der Waals surface area contributed by atoms with Crippen LogP contribution in [0.25, 0.3) is 21.8 Å². The third kappa shape index (κ3) is 3.42. The Hall–Kier alpha value is -3.74. The third-order valence-electron chi connectivity index (χ3n) is 5.96. The summed E-state index contributed by atoms with van der Waals surface area (Å²) >= 11 is 0. The molecule has 0 atom stereocenters. The van der Waals surface area contributed by atoms with Crippen LogP contribution in [0.1, 0.15) is 51.7 Å². The number of hydrogen-bond donors (Lipinski definition) is 2. The molecule has 0 radical (unpaired) electrons. The van der Waals surface area contributed by atoms with Gasteiger partial charge in [0.25, 0.3) is 5.91 Å². The summed E-state index contributed by atoms with van der Waals surface area (Å²) in [6.07, 6.45) is 5.73. The number of amides is 1. The van der Waals surface area contributed by atoms with E-state index in [-0.39, 0.29) is 17.8 Å². The fourth-order valence-electron chi connectivity index (χ4n) is 4.54. The van der Waals surface area contributed by atoms with Gasteiger partial charge < -0.3 is 11.1 Å². The summed E-state index contributed by atoms with van der Waals surface area (Å²) in [5, 5.41) is 4.87. The lowest BCUT2D eigenvalue weighted by atomic mass is 9.95. The van der Waals surface area contributed by atoms with E-state index in [2.05, 4.69) is 15.3 Å². The van der Waals surface area contributed by atoms with Gasteiger partial charge in [0.15, 0.2) is 0 Å². The third-order valence-corrected chi connectivity index (χ3v) is 5.96. The van der Waals surface area contributed by atoms with Crippen molar-refractivity contribution in [2.45, 2.75) is 39.2 Å². The lowest BCUT2D eigenvalue weighted by Crippen LogP contribution is -2.22. The van der Waals surface area contributed by atoms with Gasteiger partial charge in [0.1, 0.15) is 0 Å². The number of nitrogen functional groups attached to an aromatic ring is 1. The number of nitrogens with two attached hydrogens (primary N) is 1. The van der Waals surface area contributed by atoms with Crippen LogP contribution in [-0.2, 0) is 19.4 Å². The maximum absolute atomic E-state index is 12.9. The molecule has 0 bridgehead atoms. The monoisotopic (exact) mass is 413 g/mol. The second-order valence-corrected chi connectivity index (χ2v) is 8.02. The summed E-state index contributed by atoms with van der Waals surface area (Å²) in [7, 11) is 0. The summed E-state index contributed by atoms with van der Waals surface area (Å²) in [5.74, 6) is 0.118. The van der Waals surface area contributed by atoms with Crippen molar-refractivity contribution in [3.8, 4) is 0 Å². The topological polar surface area (TPSA) is 103 Å². The molecule has 2 aromatic carbocycles. The first-order valence-corrected chi connectivity index (χ1v) is 10.5. The lowest BCUT2D eigenvalue weighted by Gasteiger charge is -2.13. The average molecular weight is 413 g/mol. The molecule has 0 aliphatic heterocycles. The van der Waals surface area contributed by atoms with Gasteiger partial charge in [-0.2, -0.15) is 0 Å². The number of rotatable bonds is 3. The van der Waals surface area contributed by atoms with Crippen LogP contribution in [0, 0.1) is 0 Å². The van der Waals surface area contributed by atoms with Crippen molar-refractivity contribution >= 4 is 39.6 Å². The molecular weight excluding hydrogens is 390 g/mol. The molecule has 4 aromatic rings. The highest BCUT2D eigenvalue weighted by atomic mass is 16.2. The molecule has 5 rings (SSSR count). The average Bonchev–Trinajstić information content (AvgIpc) is 3.11. The minimum atomic E-state index is -0.143. The summed E-state index contributed by atoms with van der Waals surface area (Å²) in [6, 6.07) is 11.3. The Morgan fingerprint density at radius 1 is 1.13 bits per heavy atom. The molecule has 2 aromatic heterocycles. The molecule has 1 aliphatic carbocycles. The normalized spacial score (nSPS) is 13.3. The molecule has 3 N–H and O–H groups in total. The van der Waals surface area contributed by atoms with Crippen molar-refractivity contribution < 1.29 is 9.59 Å². The number of fused-ring (bicyclic) bond motifs is 4. The molecule has 0 saturated heterocycles. The van der Waals surface area contributed by atoms with Gasteiger partial charge in [-0.3, -0.25) is 14.2 Å². The van der Waals surface area contributed by atoms with Crippen molar-refractivity contribution in [2.24, 2.45) is 0 Å². The number of aromatic nitrogens is 3. The van der Waals surface area contributed by atoms with Crippen LogP contribution in [0.2, 0.25) is 0 Å². The molecule has 7 heteroatoms. The zero-order valence-corrected chi connectivity index (χ0v) is 17.3. The predicted octanol–water partition coefficient (Wildman–Crippen LogP) is 3.64. The van der Waals surface area contributed by atoms with E-state index in [1.807, 2.05) is 34.9 Å². The van der Waals surface area contributed by atoms with Crippen LogP contribution in [0.5, 0.6) is 0 Å². The number of carbonyl (C=O) groups excluding carboxylic acids is 2. The molecule has 2 heterocycles. The number of benzene rings is 2. The largest absolute Gasteiger partial charge is 0.368 e. The van der Waals surface area contributed by atoms with Gasteiger partial charge >= 0.3 is 0 Å². The zero-order chi connectivity index (χ0) is 21.5. The highest BCUT2D eigenvalue weighted by Gasteiger charge is 2.22. The molecule has 156 valence electrons. The molecule has 31 heavy (non-hydrogen) atoms. The summed E-state index contributed by atoms with van der Waals surface area (Å²) < 4.78 is 1.81. The minimum absolute atomic E-state index is 0.0207. The zero-order valence-electron chi connectivity index (χ0n) is 17.3.